The highest BCUT2D eigenvalue weighted by molar-refractivity contribution is 6.06. The van der Waals surface area contributed by atoms with E-state index in [1.807, 2.05) is 24.3 Å². The zero-order chi connectivity index (χ0) is 17.1. The summed E-state index contributed by atoms with van der Waals surface area (Å²) in [7, 11) is 0. The maximum atomic E-state index is 11.9. The lowest BCUT2D eigenvalue weighted by Gasteiger charge is -2.22. The normalized spacial score (nSPS) is 15.8. The number of hydrogen-bond acceptors (Lipinski definition) is 3. The second kappa shape index (κ2) is 7.35. The van der Waals surface area contributed by atoms with Gasteiger partial charge in [-0.3, -0.25) is 0 Å². The molecule has 0 amide bonds. The van der Waals surface area contributed by atoms with Gasteiger partial charge in [-0.15, -0.1) is 0 Å². The van der Waals surface area contributed by atoms with Crippen LogP contribution in [0, 0.1) is 0 Å². The summed E-state index contributed by atoms with van der Waals surface area (Å²) in [5.41, 5.74) is 1.46. The predicted molar refractivity (Wildman–Crippen MR) is 96.9 cm³/mol. The minimum Gasteiger partial charge on any atom is -0.423 e. The van der Waals surface area contributed by atoms with E-state index in [1.54, 1.807) is 11.0 Å². The molecule has 1 saturated heterocycles. The molecule has 5 heteroatoms. The van der Waals surface area contributed by atoms with Crippen LogP contribution in [0.2, 0.25) is 0 Å². The van der Waals surface area contributed by atoms with E-state index >= 15 is 0 Å². The lowest BCUT2D eigenvalue weighted by molar-refractivity contribution is -0.920. The van der Waals surface area contributed by atoms with Gasteiger partial charge in [0.25, 0.3) is 0 Å². The zero-order valence-corrected chi connectivity index (χ0v) is 14.3. The van der Waals surface area contributed by atoms with Gasteiger partial charge in [-0.2, -0.15) is 0 Å². The number of hydrogen-bond donors (Lipinski definition) is 2. The molecule has 2 heterocycles. The fraction of sp³-hybridized carbons (Fsp3) is 0.350. The van der Waals surface area contributed by atoms with Crippen LogP contribution < -0.4 is 15.8 Å². The molecule has 130 valence electrons. The smallest absolute Gasteiger partial charge is 0.336 e. The van der Waals surface area contributed by atoms with Crippen molar-refractivity contribution in [2.45, 2.75) is 6.54 Å². The van der Waals surface area contributed by atoms with Crippen LogP contribution in [0.1, 0.15) is 5.56 Å². The third kappa shape index (κ3) is 3.58. The van der Waals surface area contributed by atoms with Crippen molar-refractivity contribution in [2.75, 3.05) is 39.4 Å². The molecule has 25 heavy (non-hydrogen) atoms. The van der Waals surface area contributed by atoms with E-state index in [9.17, 15) is 4.79 Å². The van der Waals surface area contributed by atoms with Crippen molar-refractivity contribution in [1.82, 2.24) is 0 Å². The van der Waals surface area contributed by atoms with Gasteiger partial charge in [-0.1, -0.05) is 30.3 Å². The number of morpholine rings is 1. The first kappa shape index (κ1) is 16.3. The van der Waals surface area contributed by atoms with E-state index in [2.05, 4.69) is 17.4 Å². The van der Waals surface area contributed by atoms with Gasteiger partial charge in [-0.05, 0) is 16.8 Å². The summed E-state index contributed by atoms with van der Waals surface area (Å²) in [4.78, 5) is 13.5. The van der Waals surface area contributed by atoms with Crippen molar-refractivity contribution < 1.29 is 19.4 Å². The van der Waals surface area contributed by atoms with E-state index in [0.717, 1.165) is 62.3 Å². The third-order valence-corrected chi connectivity index (χ3v) is 4.98. The van der Waals surface area contributed by atoms with E-state index in [4.69, 9.17) is 9.15 Å². The second-order valence-electron chi connectivity index (χ2n) is 6.64. The molecule has 0 spiro atoms. The minimum atomic E-state index is -0.273. The number of benzene rings is 2. The molecule has 2 aromatic carbocycles. The average Bonchev–Trinajstić information content (AvgIpc) is 2.65. The van der Waals surface area contributed by atoms with Crippen LogP contribution in [-0.4, -0.2) is 39.4 Å². The minimum absolute atomic E-state index is 0.273. The standard InChI is InChI=1S/C20H22N2O3/c23-19-13-16(14-21-7-8-22-9-11-24-12-10-22)20-17-4-2-1-3-15(17)5-6-18(20)25-19/h1-6,13,21H,7-12,14H2/p+2. The second-order valence-corrected chi connectivity index (χ2v) is 6.64. The Morgan fingerprint density at radius 1 is 1.08 bits per heavy atom. The van der Waals surface area contributed by atoms with Gasteiger partial charge in [0.2, 0.25) is 0 Å². The summed E-state index contributed by atoms with van der Waals surface area (Å²) >= 11 is 0. The summed E-state index contributed by atoms with van der Waals surface area (Å²) in [6.45, 7) is 6.88. The van der Waals surface area contributed by atoms with E-state index in [1.165, 1.54) is 5.39 Å². The maximum absolute atomic E-state index is 11.9. The van der Waals surface area contributed by atoms with E-state index in [0.29, 0.717) is 5.58 Å². The van der Waals surface area contributed by atoms with Crippen molar-refractivity contribution in [1.29, 1.82) is 0 Å². The predicted octanol–water partition coefficient (Wildman–Crippen LogP) is -0.0753. The van der Waals surface area contributed by atoms with E-state index < -0.39 is 0 Å². The number of fused-ring (bicyclic) bond motifs is 3. The molecule has 1 aliphatic rings. The Bertz CT molecular complexity index is 929. The zero-order valence-electron chi connectivity index (χ0n) is 14.3. The first-order chi connectivity index (χ1) is 12.3. The molecule has 3 N–H and O–H groups in total. The summed E-state index contributed by atoms with van der Waals surface area (Å²) in [6, 6.07) is 13.8. The quantitative estimate of drug-likeness (QED) is 0.388. The first-order valence-electron chi connectivity index (χ1n) is 8.99. The highest BCUT2D eigenvalue weighted by atomic mass is 16.5. The van der Waals surface area contributed by atoms with Crippen LogP contribution in [0.5, 0.6) is 0 Å². The van der Waals surface area contributed by atoms with Gasteiger partial charge in [0.15, 0.2) is 0 Å². The molecule has 1 fully saturated rings. The SMILES string of the molecule is O=c1cc(C[NH2+]CC[NH+]2CCOCC2)c2c(ccc3ccccc32)o1. The lowest BCUT2D eigenvalue weighted by Crippen LogP contribution is -3.16. The number of quaternary nitrogens is 2. The molecule has 1 aromatic heterocycles. The molecule has 1 aliphatic heterocycles. The van der Waals surface area contributed by atoms with Gasteiger partial charge in [-0.25, -0.2) is 4.79 Å². The molecule has 3 aromatic rings. The van der Waals surface area contributed by atoms with Crippen molar-refractivity contribution >= 4 is 21.7 Å². The molecular formula is C20H24N2O3+2. The number of nitrogens with two attached hydrogens (primary N) is 1. The Morgan fingerprint density at radius 2 is 1.92 bits per heavy atom. The molecule has 0 atom stereocenters. The molecule has 0 unspecified atom stereocenters. The van der Waals surface area contributed by atoms with Gasteiger partial charge in [0.1, 0.15) is 38.3 Å². The lowest BCUT2D eigenvalue weighted by atomic mass is 10.0. The molecule has 4 rings (SSSR count). The maximum Gasteiger partial charge on any atom is 0.336 e. The Hall–Kier alpha value is -2.21. The van der Waals surface area contributed by atoms with Crippen molar-refractivity contribution in [3.8, 4) is 0 Å². The van der Waals surface area contributed by atoms with Crippen molar-refractivity contribution in [3.63, 3.8) is 0 Å². The topological polar surface area (TPSA) is 60.5 Å². The Labute approximate surface area is 146 Å². The van der Waals surface area contributed by atoms with Crippen LogP contribution >= 0.6 is 0 Å². The highest BCUT2D eigenvalue weighted by Gasteiger charge is 2.15. The summed E-state index contributed by atoms with van der Waals surface area (Å²) in [6.07, 6.45) is 0. The average molecular weight is 340 g/mol. The summed E-state index contributed by atoms with van der Waals surface area (Å²) < 4.78 is 10.8. The molecule has 5 nitrogen and oxygen atoms in total. The largest absolute Gasteiger partial charge is 0.423 e. The van der Waals surface area contributed by atoms with Gasteiger partial charge >= 0.3 is 5.63 Å². The van der Waals surface area contributed by atoms with Crippen molar-refractivity contribution in [2.24, 2.45) is 0 Å². The van der Waals surface area contributed by atoms with Crippen LogP contribution in [0.25, 0.3) is 21.7 Å². The number of ether oxygens (including phenoxy) is 1. The highest BCUT2D eigenvalue weighted by Crippen LogP contribution is 2.26. The molecule has 0 bridgehead atoms. The van der Waals surface area contributed by atoms with Crippen molar-refractivity contribution in [3.05, 3.63) is 58.4 Å². The van der Waals surface area contributed by atoms with Gasteiger partial charge in [0, 0.05) is 17.0 Å². The number of nitrogens with one attached hydrogen (secondary N) is 1. The fourth-order valence-electron chi connectivity index (χ4n) is 3.65. The summed E-state index contributed by atoms with van der Waals surface area (Å²) in [5, 5.41) is 5.67. The van der Waals surface area contributed by atoms with Gasteiger partial charge < -0.3 is 19.4 Å². The Kier molecular flexibility index (Phi) is 4.78. The molecular weight excluding hydrogens is 316 g/mol. The van der Waals surface area contributed by atoms with E-state index in [-0.39, 0.29) is 5.63 Å². The molecule has 0 aliphatic carbocycles. The Morgan fingerprint density at radius 3 is 2.80 bits per heavy atom. The fourth-order valence-corrected chi connectivity index (χ4v) is 3.65. The summed E-state index contributed by atoms with van der Waals surface area (Å²) in [5.74, 6) is 0. The third-order valence-electron chi connectivity index (χ3n) is 4.98. The Balaban J connectivity index is 1.55. The first-order valence-corrected chi connectivity index (χ1v) is 8.99. The van der Waals surface area contributed by atoms with Crippen LogP contribution in [0.4, 0.5) is 0 Å². The molecule has 0 saturated carbocycles. The molecule has 0 radical (unpaired) electrons. The number of rotatable bonds is 5. The van der Waals surface area contributed by atoms with Crippen LogP contribution in [0.15, 0.2) is 51.7 Å². The van der Waals surface area contributed by atoms with Crippen LogP contribution in [0.3, 0.4) is 0 Å². The van der Waals surface area contributed by atoms with Crippen LogP contribution in [-0.2, 0) is 11.3 Å². The van der Waals surface area contributed by atoms with Gasteiger partial charge in [0.05, 0.1) is 13.2 Å². The monoisotopic (exact) mass is 340 g/mol.